The number of aryl methyl sites for hydroxylation is 1. The number of nitrogens with one attached hydrogen (secondary N) is 2. The molecule has 3 aromatic heterocycles. The van der Waals surface area contributed by atoms with Gasteiger partial charge in [-0.05, 0) is 31.5 Å². The van der Waals surface area contributed by atoms with Crippen LogP contribution in [0.25, 0.3) is 5.82 Å². The molecule has 0 aliphatic carbocycles. The first-order chi connectivity index (χ1) is 12.3. The molecule has 1 fully saturated rings. The van der Waals surface area contributed by atoms with Crippen LogP contribution in [0.3, 0.4) is 0 Å². The van der Waals surface area contributed by atoms with E-state index in [4.69, 9.17) is 4.74 Å². The van der Waals surface area contributed by atoms with Crippen molar-refractivity contribution in [3.05, 3.63) is 54.0 Å². The zero-order chi connectivity index (χ0) is 17.1. The first-order valence-electron chi connectivity index (χ1n) is 8.47. The molecule has 25 heavy (non-hydrogen) atoms. The molecule has 1 saturated heterocycles. The van der Waals surface area contributed by atoms with Crippen LogP contribution >= 0.6 is 0 Å². The number of pyridine rings is 1. The lowest BCUT2D eigenvalue weighted by atomic mass is 10.0. The molecule has 0 unspecified atom stereocenters. The summed E-state index contributed by atoms with van der Waals surface area (Å²) >= 11 is 0. The molecule has 0 amide bonds. The van der Waals surface area contributed by atoms with Gasteiger partial charge in [0.25, 0.3) is 0 Å². The molecule has 3 aromatic rings. The molecule has 1 aliphatic heterocycles. The normalized spacial score (nSPS) is 20.2. The lowest BCUT2D eigenvalue weighted by molar-refractivity contribution is 0.0835. The van der Waals surface area contributed by atoms with Crippen molar-refractivity contribution in [3.8, 4) is 5.82 Å². The van der Waals surface area contributed by atoms with Crippen molar-refractivity contribution in [1.82, 2.24) is 35.3 Å². The van der Waals surface area contributed by atoms with Gasteiger partial charge in [-0.25, -0.2) is 14.6 Å². The van der Waals surface area contributed by atoms with E-state index < -0.39 is 0 Å². The number of hydrogen-bond acceptors (Lipinski definition) is 6. The first kappa shape index (κ1) is 15.9. The molecular formula is C17H21N7O. The summed E-state index contributed by atoms with van der Waals surface area (Å²) in [6.07, 6.45) is 4.53. The Morgan fingerprint density at radius 1 is 1.32 bits per heavy atom. The fraction of sp³-hybridized carbons (Fsp3) is 0.412. The van der Waals surface area contributed by atoms with Crippen molar-refractivity contribution in [3.63, 3.8) is 0 Å². The summed E-state index contributed by atoms with van der Waals surface area (Å²) in [6.45, 7) is 4.20. The van der Waals surface area contributed by atoms with Gasteiger partial charge in [0.2, 0.25) is 0 Å². The third kappa shape index (κ3) is 3.45. The summed E-state index contributed by atoms with van der Waals surface area (Å²) in [5.74, 6) is 2.75. The Hall–Kier alpha value is -2.58. The number of aromatic nitrogens is 6. The second-order valence-corrected chi connectivity index (χ2v) is 6.17. The molecule has 1 aliphatic rings. The molecule has 0 spiro atoms. The van der Waals surface area contributed by atoms with Crippen LogP contribution in [-0.4, -0.2) is 43.1 Å². The number of ether oxygens (including phenoxy) is 1. The lowest BCUT2D eigenvalue weighted by Crippen LogP contribution is -2.26. The molecule has 0 saturated carbocycles. The van der Waals surface area contributed by atoms with Crippen LogP contribution in [0.2, 0.25) is 0 Å². The van der Waals surface area contributed by atoms with Crippen LogP contribution in [-0.2, 0) is 11.3 Å². The summed E-state index contributed by atoms with van der Waals surface area (Å²) < 4.78 is 7.69. The highest BCUT2D eigenvalue weighted by Gasteiger charge is 2.32. The van der Waals surface area contributed by atoms with Gasteiger partial charge in [0.1, 0.15) is 11.9 Å². The lowest BCUT2D eigenvalue weighted by Gasteiger charge is -2.16. The Morgan fingerprint density at radius 2 is 2.28 bits per heavy atom. The SMILES string of the molecule is Cc1nc([C@H]2OCC[C@H]2CNCc2ccnn2-c2ccccn2)n[nH]1. The van der Waals surface area contributed by atoms with Crippen LogP contribution in [0.4, 0.5) is 0 Å². The van der Waals surface area contributed by atoms with Gasteiger partial charge in [-0.2, -0.15) is 10.2 Å². The van der Waals surface area contributed by atoms with E-state index in [0.717, 1.165) is 42.7 Å². The minimum Gasteiger partial charge on any atom is -0.370 e. The standard InChI is InChI=1S/C17H21N7O/c1-12-21-17(23-22-12)16-13(6-9-25-16)10-18-11-14-5-8-20-24(14)15-4-2-3-7-19-15/h2-5,7-8,13,16,18H,6,9-11H2,1H3,(H,21,22,23)/t13-,16-/m0/s1. The number of aromatic amines is 1. The largest absolute Gasteiger partial charge is 0.370 e. The summed E-state index contributed by atoms with van der Waals surface area (Å²) in [5, 5.41) is 15.0. The number of H-pyrrole nitrogens is 1. The van der Waals surface area contributed by atoms with Gasteiger partial charge in [-0.1, -0.05) is 6.07 Å². The van der Waals surface area contributed by atoms with E-state index in [1.165, 1.54) is 0 Å². The van der Waals surface area contributed by atoms with E-state index in [0.29, 0.717) is 12.5 Å². The van der Waals surface area contributed by atoms with Gasteiger partial charge in [-0.3, -0.25) is 5.10 Å². The summed E-state index contributed by atoms with van der Waals surface area (Å²) in [7, 11) is 0. The number of rotatable bonds is 6. The monoisotopic (exact) mass is 339 g/mol. The minimum atomic E-state index is -0.0434. The summed E-state index contributed by atoms with van der Waals surface area (Å²) in [5.41, 5.74) is 1.07. The highest BCUT2D eigenvalue weighted by atomic mass is 16.5. The second-order valence-electron chi connectivity index (χ2n) is 6.17. The third-order valence-electron chi connectivity index (χ3n) is 4.38. The maximum absolute atomic E-state index is 5.83. The van der Waals surface area contributed by atoms with E-state index in [9.17, 15) is 0 Å². The topological polar surface area (TPSA) is 93.5 Å². The van der Waals surface area contributed by atoms with Crippen LogP contribution in [0.1, 0.15) is 29.9 Å². The van der Waals surface area contributed by atoms with E-state index in [-0.39, 0.29) is 6.10 Å². The summed E-state index contributed by atoms with van der Waals surface area (Å²) in [6, 6.07) is 7.81. The van der Waals surface area contributed by atoms with Crippen LogP contribution in [0, 0.1) is 12.8 Å². The highest BCUT2D eigenvalue weighted by Crippen LogP contribution is 2.32. The zero-order valence-electron chi connectivity index (χ0n) is 14.1. The zero-order valence-corrected chi connectivity index (χ0v) is 14.1. The Morgan fingerprint density at radius 3 is 3.08 bits per heavy atom. The van der Waals surface area contributed by atoms with E-state index in [1.54, 1.807) is 12.4 Å². The van der Waals surface area contributed by atoms with E-state index in [1.807, 2.05) is 35.9 Å². The Labute approximate surface area is 145 Å². The molecule has 2 N–H and O–H groups in total. The van der Waals surface area contributed by atoms with Crippen molar-refractivity contribution in [2.45, 2.75) is 26.0 Å². The van der Waals surface area contributed by atoms with Crippen molar-refractivity contribution in [2.24, 2.45) is 5.92 Å². The van der Waals surface area contributed by atoms with Crippen molar-refractivity contribution in [2.75, 3.05) is 13.2 Å². The van der Waals surface area contributed by atoms with Gasteiger partial charge < -0.3 is 10.1 Å². The Bertz CT molecular complexity index is 813. The van der Waals surface area contributed by atoms with Crippen LogP contribution in [0.15, 0.2) is 36.7 Å². The Kier molecular flexibility index (Phi) is 4.53. The summed E-state index contributed by atoms with van der Waals surface area (Å²) in [4.78, 5) is 8.77. The second kappa shape index (κ2) is 7.12. The van der Waals surface area contributed by atoms with E-state index in [2.05, 4.69) is 30.6 Å². The maximum Gasteiger partial charge on any atom is 0.179 e. The Balaban J connectivity index is 1.38. The van der Waals surface area contributed by atoms with Crippen molar-refractivity contribution >= 4 is 0 Å². The van der Waals surface area contributed by atoms with E-state index >= 15 is 0 Å². The predicted molar refractivity (Wildman–Crippen MR) is 91.0 cm³/mol. The van der Waals surface area contributed by atoms with Gasteiger partial charge in [0.15, 0.2) is 11.6 Å². The third-order valence-corrected chi connectivity index (χ3v) is 4.38. The van der Waals surface area contributed by atoms with Crippen molar-refractivity contribution < 1.29 is 4.74 Å². The fourth-order valence-corrected chi connectivity index (χ4v) is 3.15. The van der Waals surface area contributed by atoms with Gasteiger partial charge >= 0.3 is 0 Å². The maximum atomic E-state index is 5.83. The molecule has 0 radical (unpaired) electrons. The van der Waals surface area contributed by atoms with Gasteiger partial charge in [0.05, 0.1) is 5.69 Å². The first-order valence-corrected chi connectivity index (χ1v) is 8.47. The molecule has 0 bridgehead atoms. The molecule has 4 heterocycles. The molecule has 130 valence electrons. The molecule has 0 aromatic carbocycles. The predicted octanol–water partition coefficient (Wildman–Crippen LogP) is 1.56. The van der Waals surface area contributed by atoms with Crippen LogP contribution in [0.5, 0.6) is 0 Å². The smallest absolute Gasteiger partial charge is 0.179 e. The average molecular weight is 339 g/mol. The number of nitrogens with zero attached hydrogens (tertiary/aromatic N) is 5. The molecule has 8 nitrogen and oxygen atoms in total. The van der Waals surface area contributed by atoms with Crippen molar-refractivity contribution in [1.29, 1.82) is 0 Å². The quantitative estimate of drug-likeness (QED) is 0.708. The number of hydrogen-bond donors (Lipinski definition) is 2. The molecule has 4 rings (SSSR count). The molecular weight excluding hydrogens is 318 g/mol. The fourth-order valence-electron chi connectivity index (χ4n) is 3.15. The van der Waals surface area contributed by atoms with Crippen LogP contribution < -0.4 is 5.32 Å². The van der Waals surface area contributed by atoms with Gasteiger partial charge in [-0.15, -0.1) is 0 Å². The highest BCUT2D eigenvalue weighted by molar-refractivity contribution is 5.23. The minimum absolute atomic E-state index is 0.0434. The average Bonchev–Trinajstić information content (AvgIpc) is 3.36. The van der Waals surface area contributed by atoms with Gasteiger partial charge in [0, 0.05) is 38.0 Å². The molecule has 2 atom stereocenters. The molecule has 8 heteroatoms.